The van der Waals surface area contributed by atoms with Crippen molar-refractivity contribution in [2.75, 3.05) is 12.4 Å². The van der Waals surface area contributed by atoms with Crippen LogP contribution >= 0.6 is 0 Å². The molecule has 1 heterocycles. The third kappa shape index (κ3) is 4.43. The lowest BCUT2D eigenvalue weighted by Gasteiger charge is -2.14. The number of nitro groups is 1. The molecule has 0 unspecified atom stereocenters. The summed E-state index contributed by atoms with van der Waals surface area (Å²) in [6, 6.07) is 14.7. The van der Waals surface area contributed by atoms with Gasteiger partial charge in [0, 0.05) is 29.2 Å². The van der Waals surface area contributed by atoms with Crippen molar-refractivity contribution in [2.24, 2.45) is 0 Å². The van der Waals surface area contributed by atoms with Crippen LogP contribution in [0.2, 0.25) is 0 Å². The van der Waals surface area contributed by atoms with E-state index in [1.807, 2.05) is 32.9 Å². The maximum absolute atomic E-state index is 12.7. The summed E-state index contributed by atoms with van der Waals surface area (Å²) in [6.07, 6.45) is 0. The van der Waals surface area contributed by atoms with E-state index in [1.165, 1.54) is 24.3 Å². The van der Waals surface area contributed by atoms with Gasteiger partial charge in [0.25, 0.3) is 11.6 Å². The zero-order valence-electron chi connectivity index (χ0n) is 16.7. The number of nitro benzene ring substituents is 1. The molecule has 0 atom stereocenters. The number of ether oxygens (including phenoxy) is 1. The molecule has 0 saturated carbocycles. The number of anilines is 1. The van der Waals surface area contributed by atoms with Crippen LogP contribution in [0.5, 0.6) is 5.75 Å². The maximum atomic E-state index is 12.7. The number of nitrogens with zero attached hydrogens (tertiary/aromatic N) is 3. The lowest BCUT2D eigenvalue weighted by atomic mass is 9.92. The van der Waals surface area contributed by atoms with Crippen LogP contribution in [0.3, 0.4) is 0 Å². The Hall–Kier alpha value is -3.68. The van der Waals surface area contributed by atoms with Crippen LogP contribution in [0.1, 0.15) is 36.8 Å². The van der Waals surface area contributed by atoms with E-state index in [1.54, 1.807) is 30.0 Å². The molecule has 2 aromatic carbocycles. The summed E-state index contributed by atoms with van der Waals surface area (Å²) in [5, 5.41) is 18.5. The molecule has 1 N–H and O–H groups in total. The molecule has 0 bridgehead atoms. The number of nitrogens with one attached hydrogen (secondary N) is 1. The molecule has 0 spiro atoms. The van der Waals surface area contributed by atoms with Gasteiger partial charge < -0.3 is 10.1 Å². The quantitative estimate of drug-likeness (QED) is 0.513. The fraction of sp³-hybridized carbons (Fsp3) is 0.238. The summed E-state index contributed by atoms with van der Waals surface area (Å²) in [6.45, 7) is 6.08. The number of amides is 1. The van der Waals surface area contributed by atoms with Crippen LogP contribution in [0, 0.1) is 10.1 Å². The van der Waals surface area contributed by atoms with Crippen molar-refractivity contribution in [3.05, 3.63) is 76.0 Å². The summed E-state index contributed by atoms with van der Waals surface area (Å²) < 4.78 is 6.83. The summed E-state index contributed by atoms with van der Waals surface area (Å²) in [5.74, 6) is 0.722. The van der Waals surface area contributed by atoms with E-state index < -0.39 is 10.8 Å². The highest BCUT2D eigenvalue weighted by Crippen LogP contribution is 2.27. The van der Waals surface area contributed by atoms with Crippen LogP contribution in [-0.4, -0.2) is 27.7 Å². The van der Waals surface area contributed by atoms with Crippen molar-refractivity contribution in [1.82, 2.24) is 9.78 Å². The molecule has 29 heavy (non-hydrogen) atoms. The smallest absolute Gasteiger partial charge is 0.270 e. The molecule has 0 aliphatic heterocycles. The van der Waals surface area contributed by atoms with Crippen LogP contribution in [0.15, 0.2) is 54.6 Å². The van der Waals surface area contributed by atoms with Gasteiger partial charge in [-0.1, -0.05) is 26.8 Å². The Morgan fingerprint density at radius 2 is 1.83 bits per heavy atom. The second-order valence-corrected chi connectivity index (χ2v) is 7.54. The van der Waals surface area contributed by atoms with Crippen LogP contribution in [-0.2, 0) is 5.41 Å². The van der Waals surface area contributed by atoms with Crippen LogP contribution in [0.25, 0.3) is 5.69 Å². The zero-order chi connectivity index (χ0) is 21.2. The first-order chi connectivity index (χ1) is 13.7. The highest BCUT2D eigenvalue weighted by atomic mass is 16.6. The number of hydrogen-bond donors (Lipinski definition) is 1. The normalized spacial score (nSPS) is 11.2. The Morgan fingerprint density at radius 1 is 1.14 bits per heavy atom. The first-order valence-corrected chi connectivity index (χ1v) is 9.00. The largest absolute Gasteiger partial charge is 0.497 e. The minimum Gasteiger partial charge on any atom is -0.497 e. The molecule has 0 fully saturated rings. The lowest BCUT2D eigenvalue weighted by Crippen LogP contribution is -2.15. The molecule has 8 nitrogen and oxygen atoms in total. The van der Waals surface area contributed by atoms with Crippen molar-refractivity contribution in [3.63, 3.8) is 0 Å². The van der Waals surface area contributed by atoms with Gasteiger partial charge in [0.05, 0.1) is 23.4 Å². The number of non-ortho nitro benzene ring substituents is 1. The van der Waals surface area contributed by atoms with Gasteiger partial charge in [0.15, 0.2) is 0 Å². The number of hydrogen-bond acceptors (Lipinski definition) is 5. The van der Waals surface area contributed by atoms with Gasteiger partial charge in [-0.05, 0) is 30.3 Å². The van der Waals surface area contributed by atoms with E-state index in [-0.39, 0.29) is 16.7 Å². The monoisotopic (exact) mass is 394 g/mol. The van der Waals surface area contributed by atoms with Gasteiger partial charge in [-0.3, -0.25) is 14.9 Å². The Morgan fingerprint density at radius 3 is 2.41 bits per heavy atom. The number of aromatic nitrogens is 2. The molecule has 0 aliphatic rings. The Bertz CT molecular complexity index is 1050. The standard InChI is InChI=1S/C21H22N4O4/c1-21(2,3)18-13-19(24(23-18)15-8-10-17(29-4)11-9-15)22-20(26)14-6-5-7-16(12-14)25(27)28/h5-13H,1-4H3,(H,22,26). The first-order valence-electron chi connectivity index (χ1n) is 9.00. The van der Waals surface area contributed by atoms with Crippen molar-refractivity contribution in [2.45, 2.75) is 26.2 Å². The third-order valence-corrected chi connectivity index (χ3v) is 4.36. The lowest BCUT2D eigenvalue weighted by molar-refractivity contribution is -0.384. The summed E-state index contributed by atoms with van der Waals surface area (Å²) in [5.41, 5.74) is 1.36. The number of carbonyl (C=O) groups is 1. The molecule has 8 heteroatoms. The average Bonchev–Trinajstić information content (AvgIpc) is 3.12. The topological polar surface area (TPSA) is 99.3 Å². The summed E-state index contributed by atoms with van der Waals surface area (Å²) in [4.78, 5) is 23.2. The van der Waals surface area contributed by atoms with E-state index in [9.17, 15) is 14.9 Å². The second-order valence-electron chi connectivity index (χ2n) is 7.54. The van der Waals surface area contributed by atoms with Crippen LogP contribution in [0.4, 0.5) is 11.5 Å². The van der Waals surface area contributed by atoms with Gasteiger partial charge in [0.2, 0.25) is 0 Å². The van der Waals surface area contributed by atoms with Crippen molar-refractivity contribution < 1.29 is 14.5 Å². The van der Waals surface area contributed by atoms with Crippen molar-refractivity contribution in [1.29, 1.82) is 0 Å². The fourth-order valence-electron chi connectivity index (χ4n) is 2.71. The minimum atomic E-state index is -0.532. The fourth-order valence-corrected chi connectivity index (χ4v) is 2.71. The Labute approximate surface area is 168 Å². The SMILES string of the molecule is COc1ccc(-n2nc(C(C)(C)C)cc2NC(=O)c2cccc([N+](=O)[O-])c2)cc1. The maximum Gasteiger partial charge on any atom is 0.270 e. The van der Waals surface area contributed by atoms with Gasteiger partial charge in [-0.2, -0.15) is 5.10 Å². The first kappa shape index (κ1) is 20.1. The predicted molar refractivity (Wildman–Crippen MR) is 110 cm³/mol. The molecule has 150 valence electrons. The van der Waals surface area contributed by atoms with E-state index in [0.29, 0.717) is 11.6 Å². The molecular weight excluding hydrogens is 372 g/mol. The molecular formula is C21H22N4O4. The molecule has 0 radical (unpaired) electrons. The number of methoxy groups -OCH3 is 1. The molecule has 3 aromatic rings. The minimum absolute atomic E-state index is 0.142. The van der Waals surface area contributed by atoms with Gasteiger partial charge >= 0.3 is 0 Å². The van der Waals surface area contributed by atoms with Crippen molar-refractivity contribution in [3.8, 4) is 11.4 Å². The van der Waals surface area contributed by atoms with Gasteiger partial charge in [0.1, 0.15) is 11.6 Å². The predicted octanol–water partition coefficient (Wildman–Crippen LogP) is 4.34. The average molecular weight is 394 g/mol. The number of rotatable bonds is 5. The van der Waals surface area contributed by atoms with Gasteiger partial charge in [-0.15, -0.1) is 0 Å². The van der Waals surface area contributed by atoms with Crippen LogP contribution < -0.4 is 10.1 Å². The second kappa shape index (κ2) is 7.75. The number of carbonyl (C=O) groups excluding carboxylic acids is 1. The highest BCUT2D eigenvalue weighted by Gasteiger charge is 2.22. The molecule has 1 aromatic heterocycles. The highest BCUT2D eigenvalue weighted by molar-refractivity contribution is 6.04. The zero-order valence-corrected chi connectivity index (χ0v) is 16.7. The van der Waals surface area contributed by atoms with E-state index in [0.717, 1.165) is 11.4 Å². The van der Waals surface area contributed by atoms with E-state index in [4.69, 9.17) is 4.74 Å². The van der Waals surface area contributed by atoms with E-state index in [2.05, 4.69) is 10.4 Å². The Balaban J connectivity index is 1.99. The summed E-state index contributed by atoms with van der Waals surface area (Å²) in [7, 11) is 1.59. The molecule has 1 amide bonds. The van der Waals surface area contributed by atoms with Crippen molar-refractivity contribution >= 4 is 17.4 Å². The van der Waals surface area contributed by atoms with Gasteiger partial charge in [-0.25, -0.2) is 4.68 Å². The molecule has 3 rings (SSSR count). The third-order valence-electron chi connectivity index (χ3n) is 4.36. The number of benzene rings is 2. The molecule has 0 aliphatic carbocycles. The summed E-state index contributed by atoms with van der Waals surface area (Å²) >= 11 is 0. The van der Waals surface area contributed by atoms with E-state index >= 15 is 0 Å². The molecule has 0 saturated heterocycles. The Kier molecular flexibility index (Phi) is 5.36.